The predicted octanol–water partition coefficient (Wildman–Crippen LogP) is 1.23. The minimum Gasteiger partial charge on any atom is -0.390 e. The Morgan fingerprint density at radius 1 is 1.55 bits per heavy atom. The topological polar surface area (TPSA) is 40.5 Å². The molecule has 0 amide bonds. The second kappa shape index (κ2) is 3.37. The summed E-state index contributed by atoms with van der Waals surface area (Å²) < 4.78 is 0. The minimum atomic E-state index is -0.875. The van der Waals surface area contributed by atoms with Crippen LogP contribution in [0.5, 0.6) is 0 Å². The van der Waals surface area contributed by atoms with Gasteiger partial charge >= 0.3 is 0 Å². The van der Waals surface area contributed by atoms with E-state index in [2.05, 4.69) is 6.58 Å². The maximum atomic E-state index is 9.82. The van der Waals surface area contributed by atoms with Crippen LogP contribution in [0.2, 0.25) is 0 Å². The predicted molar refractivity (Wildman–Crippen MR) is 44.2 cm³/mol. The van der Waals surface area contributed by atoms with E-state index in [1.807, 2.05) is 0 Å². The summed E-state index contributed by atoms with van der Waals surface area (Å²) in [5, 5.41) is 19.3. The fraction of sp³-hybridized carbons (Fsp3) is 0.778. The van der Waals surface area contributed by atoms with E-state index in [0.29, 0.717) is 12.8 Å². The summed E-state index contributed by atoms with van der Waals surface area (Å²) in [6.45, 7) is 3.56. The average molecular weight is 156 g/mol. The molecular formula is C9H16O2. The molecule has 0 saturated heterocycles. The van der Waals surface area contributed by atoms with Crippen LogP contribution in [0, 0.1) is 0 Å². The van der Waals surface area contributed by atoms with Gasteiger partial charge in [0.05, 0.1) is 11.7 Å². The molecule has 1 fully saturated rings. The zero-order valence-electron chi connectivity index (χ0n) is 6.79. The fourth-order valence-corrected chi connectivity index (χ4v) is 1.69. The molecule has 11 heavy (non-hydrogen) atoms. The van der Waals surface area contributed by atoms with Crippen molar-refractivity contribution in [2.45, 2.75) is 43.8 Å². The Morgan fingerprint density at radius 2 is 2.27 bits per heavy atom. The molecule has 0 aromatic heterocycles. The van der Waals surface area contributed by atoms with Crippen LogP contribution in [-0.2, 0) is 0 Å². The molecule has 1 saturated carbocycles. The first-order valence-corrected chi connectivity index (χ1v) is 4.20. The van der Waals surface area contributed by atoms with Crippen LogP contribution < -0.4 is 0 Å². The monoisotopic (exact) mass is 156 g/mol. The van der Waals surface area contributed by atoms with Gasteiger partial charge in [-0.2, -0.15) is 0 Å². The molecule has 0 unspecified atom stereocenters. The lowest BCUT2D eigenvalue weighted by atomic mass is 9.80. The lowest BCUT2D eigenvalue weighted by molar-refractivity contribution is -0.0971. The molecule has 64 valence electrons. The molecule has 2 nitrogen and oxygen atoms in total. The van der Waals surface area contributed by atoms with Gasteiger partial charge in [-0.3, -0.25) is 0 Å². The Balaban J connectivity index is 2.56. The van der Waals surface area contributed by atoms with Crippen LogP contribution in [-0.4, -0.2) is 21.9 Å². The van der Waals surface area contributed by atoms with Crippen molar-refractivity contribution in [2.24, 2.45) is 0 Å². The smallest absolute Gasteiger partial charge is 0.0939 e. The van der Waals surface area contributed by atoms with E-state index in [9.17, 15) is 10.2 Å². The van der Waals surface area contributed by atoms with Gasteiger partial charge in [0, 0.05) is 0 Å². The van der Waals surface area contributed by atoms with Gasteiger partial charge < -0.3 is 10.2 Å². The number of aliphatic hydroxyl groups excluding tert-OH is 1. The van der Waals surface area contributed by atoms with Gasteiger partial charge in [0.15, 0.2) is 0 Å². The van der Waals surface area contributed by atoms with Crippen LogP contribution in [0.4, 0.5) is 0 Å². The third-order valence-electron chi connectivity index (χ3n) is 2.46. The van der Waals surface area contributed by atoms with Gasteiger partial charge in [-0.1, -0.05) is 18.9 Å². The first kappa shape index (κ1) is 8.75. The zero-order valence-corrected chi connectivity index (χ0v) is 6.79. The van der Waals surface area contributed by atoms with Gasteiger partial charge in [0.1, 0.15) is 0 Å². The van der Waals surface area contributed by atoms with Gasteiger partial charge in [0.2, 0.25) is 0 Å². The van der Waals surface area contributed by atoms with E-state index in [0.717, 1.165) is 19.3 Å². The highest BCUT2D eigenvalue weighted by Crippen LogP contribution is 2.31. The van der Waals surface area contributed by atoms with Crippen molar-refractivity contribution in [1.29, 1.82) is 0 Å². The Labute approximate surface area is 67.6 Å². The highest BCUT2D eigenvalue weighted by molar-refractivity contribution is 4.94. The second-order valence-corrected chi connectivity index (χ2v) is 3.36. The van der Waals surface area contributed by atoms with E-state index in [4.69, 9.17) is 0 Å². The van der Waals surface area contributed by atoms with E-state index in [1.165, 1.54) is 0 Å². The summed E-state index contributed by atoms with van der Waals surface area (Å²) in [6.07, 6.45) is 5.11. The van der Waals surface area contributed by atoms with E-state index < -0.39 is 11.7 Å². The van der Waals surface area contributed by atoms with Crippen LogP contribution in [0.1, 0.15) is 32.1 Å². The normalized spacial score (nSPS) is 38.5. The highest BCUT2D eigenvalue weighted by Gasteiger charge is 2.36. The summed E-state index contributed by atoms with van der Waals surface area (Å²) in [6, 6.07) is 0. The van der Waals surface area contributed by atoms with Crippen LogP contribution in [0.3, 0.4) is 0 Å². The quantitative estimate of drug-likeness (QED) is 0.590. The maximum Gasteiger partial charge on any atom is 0.0939 e. The summed E-state index contributed by atoms with van der Waals surface area (Å²) in [5.74, 6) is 0. The Morgan fingerprint density at radius 3 is 2.82 bits per heavy atom. The molecule has 0 bridgehead atoms. The van der Waals surface area contributed by atoms with Gasteiger partial charge in [-0.25, -0.2) is 0 Å². The summed E-state index contributed by atoms with van der Waals surface area (Å²) >= 11 is 0. The molecule has 2 N–H and O–H groups in total. The zero-order chi connectivity index (χ0) is 8.32. The van der Waals surface area contributed by atoms with Gasteiger partial charge in [-0.15, -0.1) is 6.58 Å². The molecule has 0 aliphatic heterocycles. The molecule has 0 aromatic carbocycles. The highest BCUT2D eigenvalue weighted by atomic mass is 16.3. The van der Waals surface area contributed by atoms with Gasteiger partial charge in [-0.05, 0) is 19.3 Å². The van der Waals surface area contributed by atoms with Crippen molar-refractivity contribution in [3.8, 4) is 0 Å². The van der Waals surface area contributed by atoms with Crippen molar-refractivity contribution in [2.75, 3.05) is 0 Å². The first-order chi connectivity index (χ1) is 5.19. The van der Waals surface area contributed by atoms with E-state index >= 15 is 0 Å². The third-order valence-corrected chi connectivity index (χ3v) is 2.46. The summed E-state index contributed by atoms with van der Waals surface area (Å²) in [7, 11) is 0. The number of aliphatic hydroxyl groups is 2. The molecule has 0 aromatic rings. The molecule has 0 spiro atoms. The first-order valence-electron chi connectivity index (χ1n) is 4.20. The number of hydrogen-bond acceptors (Lipinski definition) is 2. The fourth-order valence-electron chi connectivity index (χ4n) is 1.69. The molecule has 1 aliphatic rings. The molecule has 1 aliphatic carbocycles. The van der Waals surface area contributed by atoms with Crippen molar-refractivity contribution >= 4 is 0 Å². The number of hydrogen-bond donors (Lipinski definition) is 2. The molecule has 0 radical (unpaired) electrons. The van der Waals surface area contributed by atoms with Crippen LogP contribution in [0.25, 0.3) is 0 Å². The molecular weight excluding hydrogens is 140 g/mol. The van der Waals surface area contributed by atoms with Crippen molar-refractivity contribution in [3.63, 3.8) is 0 Å². The Bertz CT molecular complexity index is 144. The molecule has 0 heterocycles. The van der Waals surface area contributed by atoms with Crippen LogP contribution >= 0.6 is 0 Å². The van der Waals surface area contributed by atoms with E-state index in [1.54, 1.807) is 6.08 Å². The summed E-state index contributed by atoms with van der Waals surface area (Å²) in [5.41, 5.74) is -0.875. The standard InChI is InChI=1S/C9H16O2/c1-2-6-9(11)7-4-3-5-8(9)10/h2,8,10-11H,1,3-7H2/t8-,9+/m0/s1. The lowest BCUT2D eigenvalue weighted by Gasteiger charge is -2.36. The Hall–Kier alpha value is -0.340. The largest absolute Gasteiger partial charge is 0.390 e. The lowest BCUT2D eigenvalue weighted by Crippen LogP contribution is -2.44. The van der Waals surface area contributed by atoms with Crippen molar-refractivity contribution in [3.05, 3.63) is 12.7 Å². The van der Waals surface area contributed by atoms with E-state index in [-0.39, 0.29) is 0 Å². The van der Waals surface area contributed by atoms with Crippen LogP contribution in [0.15, 0.2) is 12.7 Å². The average Bonchev–Trinajstić information content (AvgIpc) is 1.96. The van der Waals surface area contributed by atoms with Crippen molar-refractivity contribution in [1.82, 2.24) is 0 Å². The summed E-state index contributed by atoms with van der Waals surface area (Å²) in [4.78, 5) is 0. The molecule has 2 heteroatoms. The Kier molecular flexibility index (Phi) is 2.68. The second-order valence-electron chi connectivity index (χ2n) is 3.36. The maximum absolute atomic E-state index is 9.82. The minimum absolute atomic E-state index is 0.508. The molecule has 2 atom stereocenters. The third kappa shape index (κ3) is 1.82. The van der Waals surface area contributed by atoms with Crippen molar-refractivity contribution < 1.29 is 10.2 Å². The SMILES string of the molecule is C=CC[C@@]1(O)CCCC[C@@H]1O. The number of rotatable bonds is 2. The van der Waals surface area contributed by atoms with Gasteiger partial charge in [0.25, 0.3) is 0 Å². The molecule has 1 rings (SSSR count).